The molecule has 2 N–H and O–H groups in total. The van der Waals surface area contributed by atoms with E-state index in [0.717, 1.165) is 13.1 Å². The largest absolute Gasteiger partial charge is 0.329 e. The van der Waals surface area contributed by atoms with Crippen LogP contribution in [-0.2, 0) is 0 Å². The lowest BCUT2D eigenvalue weighted by Gasteiger charge is -2.27. The summed E-state index contributed by atoms with van der Waals surface area (Å²) in [6.07, 6.45) is 29.6. The van der Waals surface area contributed by atoms with Crippen molar-refractivity contribution in [2.24, 2.45) is 5.73 Å². The zero-order valence-corrected chi connectivity index (χ0v) is 21.0. The van der Waals surface area contributed by atoms with Crippen molar-refractivity contribution in [2.75, 3.05) is 33.2 Å². The van der Waals surface area contributed by atoms with Crippen LogP contribution in [0.5, 0.6) is 0 Å². The van der Waals surface area contributed by atoms with Crippen LogP contribution in [0.15, 0.2) is 0 Å². The standard InChI is InChI=1S/C27H57N3/c1-3-4-5-6-7-8-9-10-11-12-13-14-15-16-17-18-19-20-21-22-27-29(2)25-26-30(27)24-23-28/h27H,3-26,28H2,1-2H3. The van der Waals surface area contributed by atoms with Gasteiger partial charge in [-0.1, -0.05) is 129 Å². The van der Waals surface area contributed by atoms with Crippen LogP contribution in [0.3, 0.4) is 0 Å². The molecule has 0 saturated carbocycles. The number of nitrogens with two attached hydrogens (primary N) is 1. The van der Waals surface area contributed by atoms with Crippen molar-refractivity contribution < 1.29 is 0 Å². The molecule has 0 radical (unpaired) electrons. The number of unbranched alkanes of at least 4 members (excludes halogenated alkanes) is 18. The second-order valence-corrected chi connectivity index (χ2v) is 9.94. The molecule has 1 heterocycles. The van der Waals surface area contributed by atoms with Gasteiger partial charge in [0, 0.05) is 26.2 Å². The maximum atomic E-state index is 5.76. The molecule has 180 valence electrons. The van der Waals surface area contributed by atoms with Crippen LogP contribution in [0.2, 0.25) is 0 Å². The number of hydrogen-bond acceptors (Lipinski definition) is 3. The van der Waals surface area contributed by atoms with Crippen LogP contribution in [0, 0.1) is 0 Å². The van der Waals surface area contributed by atoms with E-state index in [1.807, 2.05) is 0 Å². The predicted molar refractivity (Wildman–Crippen MR) is 135 cm³/mol. The van der Waals surface area contributed by atoms with Gasteiger partial charge in [0.15, 0.2) is 0 Å². The van der Waals surface area contributed by atoms with Crippen LogP contribution in [0.4, 0.5) is 0 Å². The van der Waals surface area contributed by atoms with Gasteiger partial charge >= 0.3 is 0 Å². The van der Waals surface area contributed by atoms with E-state index in [2.05, 4.69) is 23.8 Å². The van der Waals surface area contributed by atoms with E-state index in [1.165, 1.54) is 142 Å². The van der Waals surface area contributed by atoms with Crippen molar-refractivity contribution >= 4 is 0 Å². The van der Waals surface area contributed by atoms with E-state index in [1.54, 1.807) is 0 Å². The van der Waals surface area contributed by atoms with Crippen LogP contribution in [0.1, 0.15) is 135 Å². The molecule has 0 amide bonds. The summed E-state index contributed by atoms with van der Waals surface area (Å²) in [6.45, 7) is 6.58. The molecular formula is C27H57N3. The highest BCUT2D eigenvalue weighted by Gasteiger charge is 2.27. The van der Waals surface area contributed by atoms with Crippen molar-refractivity contribution in [1.82, 2.24) is 9.80 Å². The van der Waals surface area contributed by atoms with Gasteiger partial charge in [0.2, 0.25) is 0 Å². The van der Waals surface area contributed by atoms with Crippen LogP contribution < -0.4 is 5.73 Å². The first kappa shape index (κ1) is 27.9. The average Bonchev–Trinajstić information content (AvgIpc) is 3.09. The Morgan fingerprint density at radius 2 is 1.00 bits per heavy atom. The van der Waals surface area contributed by atoms with Gasteiger partial charge in [-0.05, 0) is 13.5 Å². The van der Waals surface area contributed by atoms with E-state index in [9.17, 15) is 0 Å². The van der Waals surface area contributed by atoms with Crippen LogP contribution in [0.25, 0.3) is 0 Å². The molecule has 3 nitrogen and oxygen atoms in total. The Kier molecular flexibility index (Phi) is 19.3. The molecule has 0 aliphatic carbocycles. The Labute approximate surface area is 190 Å². The third-order valence-electron chi connectivity index (χ3n) is 7.15. The monoisotopic (exact) mass is 423 g/mol. The molecule has 0 spiro atoms. The Hall–Kier alpha value is -0.120. The fraction of sp³-hybridized carbons (Fsp3) is 1.00. The van der Waals surface area contributed by atoms with Crippen molar-refractivity contribution in [3.63, 3.8) is 0 Å². The molecule has 1 unspecified atom stereocenters. The summed E-state index contributed by atoms with van der Waals surface area (Å²) in [7, 11) is 2.27. The maximum absolute atomic E-state index is 5.76. The van der Waals surface area contributed by atoms with Gasteiger partial charge in [-0.3, -0.25) is 9.80 Å². The summed E-state index contributed by atoms with van der Waals surface area (Å²) in [4.78, 5) is 5.10. The minimum absolute atomic E-state index is 0.652. The molecular weight excluding hydrogens is 366 g/mol. The van der Waals surface area contributed by atoms with Crippen LogP contribution >= 0.6 is 0 Å². The molecule has 30 heavy (non-hydrogen) atoms. The van der Waals surface area contributed by atoms with Gasteiger partial charge in [-0.15, -0.1) is 0 Å². The highest BCUT2D eigenvalue weighted by molar-refractivity contribution is 4.79. The average molecular weight is 424 g/mol. The van der Waals surface area contributed by atoms with Crippen molar-refractivity contribution in [3.8, 4) is 0 Å². The lowest BCUT2D eigenvalue weighted by Crippen LogP contribution is -2.39. The minimum atomic E-state index is 0.652. The fourth-order valence-corrected chi connectivity index (χ4v) is 5.10. The quantitative estimate of drug-likeness (QED) is 0.185. The zero-order valence-electron chi connectivity index (χ0n) is 21.0. The van der Waals surface area contributed by atoms with E-state index in [-0.39, 0.29) is 0 Å². The smallest absolute Gasteiger partial charge is 0.0621 e. The first-order valence-electron chi connectivity index (χ1n) is 13.9. The lowest BCUT2D eigenvalue weighted by atomic mass is 10.0. The lowest BCUT2D eigenvalue weighted by molar-refractivity contribution is 0.148. The zero-order chi connectivity index (χ0) is 21.7. The Balaban J connectivity index is 1.75. The number of likely N-dealkylation sites (N-methyl/N-ethyl adjacent to an activating group) is 1. The molecule has 1 atom stereocenters. The predicted octanol–water partition coefficient (Wildman–Crippen LogP) is 7.34. The Morgan fingerprint density at radius 3 is 1.40 bits per heavy atom. The molecule has 0 aromatic carbocycles. The van der Waals surface area contributed by atoms with Crippen molar-refractivity contribution in [2.45, 2.75) is 142 Å². The van der Waals surface area contributed by atoms with E-state index < -0.39 is 0 Å². The van der Waals surface area contributed by atoms with Gasteiger partial charge in [0.05, 0.1) is 6.17 Å². The summed E-state index contributed by atoms with van der Waals surface area (Å²) in [6, 6.07) is 0. The summed E-state index contributed by atoms with van der Waals surface area (Å²) in [5, 5.41) is 0. The van der Waals surface area contributed by atoms with Gasteiger partial charge < -0.3 is 5.73 Å². The first-order chi connectivity index (χ1) is 14.8. The fourth-order valence-electron chi connectivity index (χ4n) is 5.10. The van der Waals surface area contributed by atoms with Gasteiger partial charge in [0.25, 0.3) is 0 Å². The third-order valence-corrected chi connectivity index (χ3v) is 7.15. The first-order valence-corrected chi connectivity index (χ1v) is 13.9. The van der Waals surface area contributed by atoms with Crippen LogP contribution in [-0.4, -0.2) is 49.2 Å². The molecule has 3 heteroatoms. The van der Waals surface area contributed by atoms with Crippen molar-refractivity contribution in [3.05, 3.63) is 0 Å². The summed E-state index contributed by atoms with van der Waals surface area (Å²) in [5.74, 6) is 0. The number of hydrogen-bond donors (Lipinski definition) is 1. The van der Waals surface area contributed by atoms with E-state index >= 15 is 0 Å². The molecule has 1 aliphatic rings. The summed E-state index contributed by atoms with van der Waals surface area (Å²) < 4.78 is 0. The topological polar surface area (TPSA) is 32.5 Å². The normalized spacial score (nSPS) is 17.9. The van der Waals surface area contributed by atoms with Crippen molar-refractivity contribution in [1.29, 1.82) is 0 Å². The second kappa shape index (κ2) is 20.8. The van der Waals surface area contributed by atoms with E-state index in [0.29, 0.717) is 6.17 Å². The molecule has 0 bridgehead atoms. The van der Waals surface area contributed by atoms with Gasteiger partial charge in [0.1, 0.15) is 0 Å². The Bertz CT molecular complexity index is 345. The summed E-state index contributed by atoms with van der Waals surface area (Å²) >= 11 is 0. The highest BCUT2D eigenvalue weighted by Crippen LogP contribution is 2.19. The Morgan fingerprint density at radius 1 is 0.600 bits per heavy atom. The van der Waals surface area contributed by atoms with E-state index in [4.69, 9.17) is 5.73 Å². The molecule has 1 rings (SSSR count). The molecule has 0 aromatic rings. The SMILES string of the molecule is CCCCCCCCCCCCCCCCCCCCCC1N(C)CCN1CCN. The minimum Gasteiger partial charge on any atom is -0.329 e. The molecule has 1 aliphatic heterocycles. The molecule has 1 saturated heterocycles. The highest BCUT2D eigenvalue weighted by atomic mass is 15.4. The molecule has 0 aromatic heterocycles. The third kappa shape index (κ3) is 14.8. The maximum Gasteiger partial charge on any atom is 0.0621 e. The molecule has 1 fully saturated rings. The second-order valence-electron chi connectivity index (χ2n) is 9.94. The number of rotatable bonds is 22. The van der Waals surface area contributed by atoms with Gasteiger partial charge in [-0.25, -0.2) is 0 Å². The summed E-state index contributed by atoms with van der Waals surface area (Å²) in [5.41, 5.74) is 5.76. The number of nitrogens with zero attached hydrogens (tertiary/aromatic N) is 2. The van der Waals surface area contributed by atoms with Gasteiger partial charge in [-0.2, -0.15) is 0 Å².